The Morgan fingerprint density at radius 2 is 1.70 bits per heavy atom. The number of hydrogen-bond acceptors (Lipinski definition) is 4. The number of rotatable bonds is 4. The van der Waals surface area contributed by atoms with Gasteiger partial charge in [-0.3, -0.25) is 4.79 Å². The van der Waals surface area contributed by atoms with Crippen LogP contribution in [0.5, 0.6) is 5.75 Å². The Kier molecular flexibility index (Phi) is 5.00. The molecule has 23 heavy (non-hydrogen) atoms. The third-order valence-electron chi connectivity index (χ3n) is 3.10. The summed E-state index contributed by atoms with van der Waals surface area (Å²) in [7, 11) is 0. The number of phenolic OH excluding ortho intramolecular Hbond substituents is 1. The number of benzene rings is 2. The van der Waals surface area contributed by atoms with Crippen molar-refractivity contribution in [3.8, 4) is 11.8 Å². The van der Waals surface area contributed by atoms with Crippen molar-refractivity contribution >= 4 is 17.3 Å². The number of aryl methyl sites for hydroxylation is 2. The molecule has 1 amide bonds. The van der Waals surface area contributed by atoms with E-state index in [9.17, 15) is 9.90 Å². The number of anilines is 2. The lowest BCUT2D eigenvalue weighted by Crippen LogP contribution is -2.14. The number of hydrogen-bond donors (Lipinski definition) is 3. The molecule has 0 heterocycles. The van der Waals surface area contributed by atoms with Crippen LogP contribution in [-0.2, 0) is 4.79 Å². The van der Waals surface area contributed by atoms with Crippen LogP contribution in [0.1, 0.15) is 11.1 Å². The van der Waals surface area contributed by atoms with Crippen molar-refractivity contribution in [2.24, 2.45) is 0 Å². The van der Waals surface area contributed by atoms with E-state index in [-0.39, 0.29) is 11.3 Å². The molecule has 116 valence electrons. The van der Waals surface area contributed by atoms with Gasteiger partial charge in [-0.2, -0.15) is 5.26 Å². The molecular weight excluding hydrogens is 290 g/mol. The second-order valence-corrected chi connectivity index (χ2v) is 5.19. The van der Waals surface area contributed by atoms with Crippen LogP contribution in [0.25, 0.3) is 0 Å². The second-order valence-electron chi connectivity index (χ2n) is 5.19. The lowest BCUT2D eigenvalue weighted by Gasteiger charge is -2.07. The first-order chi connectivity index (χ1) is 11.0. The molecule has 0 saturated carbocycles. The van der Waals surface area contributed by atoms with Gasteiger partial charge in [-0.15, -0.1) is 0 Å². The highest BCUT2D eigenvalue weighted by Crippen LogP contribution is 2.16. The summed E-state index contributed by atoms with van der Waals surface area (Å²) < 4.78 is 0. The molecule has 0 saturated heterocycles. The van der Waals surface area contributed by atoms with Gasteiger partial charge in [0.1, 0.15) is 17.4 Å². The number of aromatic hydroxyl groups is 1. The summed E-state index contributed by atoms with van der Waals surface area (Å²) in [5.41, 5.74) is 3.45. The quantitative estimate of drug-likeness (QED) is 0.459. The van der Waals surface area contributed by atoms with Crippen molar-refractivity contribution in [2.75, 3.05) is 10.6 Å². The maximum absolute atomic E-state index is 12.1. The highest BCUT2D eigenvalue weighted by molar-refractivity contribution is 6.06. The first kappa shape index (κ1) is 16.1. The van der Waals surface area contributed by atoms with Gasteiger partial charge in [-0.05, 0) is 61.4 Å². The Bertz CT molecular complexity index is 767. The molecule has 0 aromatic heterocycles. The number of amides is 1. The third kappa shape index (κ3) is 4.61. The summed E-state index contributed by atoms with van der Waals surface area (Å²) in [6.45, 7) is 3.95. The second kappa shape index (κ2) is 7.14. The molecule has 2 rings (SSSR count). The van der Waals surface area contributed by atoms with Gasteiger partial charge in [-0.25, -0.2) is 0 Å². The van der Waals surface area contributed by atoms with Gasteiger partial charge in [-0.1, -0.05) is 6.07 Å². The van der Waals surface area contributed by atoms with Gasteiger partial charge in [0, 0.05) is 17.6 Å². The number of nitrogens with zero attached hydrogens (tertiary/aromatic N) is 1. The zero-order valence-corrected chi connectivity index (χ0v) is 12.9. The molecule has 2 aromatic carbocycles. The fourth-order valence-electron chi connectivity index (χ4n) is 2.11. The van der Waals surface area contributed by atoms with Gasteiger partial charge >= 0.3 is 0 Å². The normalized spacial score (nSPS) is 10.7. The van der Waals surface area contributed by atoms with Crippen LogP contribution < -0.4 is 10.6 Å². The van der Waals surface area contributed by atoms with E-state index in [0.29, 0.717) is 5.69 Å². The van der Waals surface area contributed by atoms with E-state index >= 15 is 0 Å². The van der Waals surface area contributed by atoms with E-state index in [1.807, 2.05) is 38.1 Å². The number of phenols is 1. The summed E-state index contributed by atoms with van der Waals surface area (Å²) in [5.74, 6) is -0.411. The summed E-state index contributed by atoms with van der Waals surface area (Å²) in [4.78, 5) is 12.1. The maximum atomic E-state index is 12.1. The van der Waals surface area contributed by atoms with Gasteiger partial charge in [0.05, 0.1) is 0 Å². The first-order valence-electron chi connectivity index (χ1n) is 7.03. The largest absolute Gasteiger partial charge is 0.508 e. The van der Waals surface area contributed by atoms with Crippen LogP contribution in [0.3, 0.4) is 0 Å². The fourth-order valence-corrected chi connectivity index (χ4v) is 2.11. The van der Waals surface area contributed by atoms with Crippen molar-refractivity contribution in [2.45, 2.75) is 13.8 Å². The van der Waals surface area contributed by atoms with Crippen molar-refractivity contribution in [3.05, 3.63) is 65.4 Å². The molecule has 0 aliphatic rings. The first-order valence-corrected chi connectivity index (χ1v) is 7.03. The molecule has 0 spiro atoms. The molecule has 2 aromatic rings. The molecule has 0 atom stereocenters. The van der Waals surface area contributed by atoms with Crippen LogP contribution in [-0.4, -0.2) is 11.0 Å². The van der Waals surface area contributed by atoms with Gasteiger partial charge < -0.3 is 15.7 Å². The van der Waals surface area contributed by atoms with Gasteiger partial charge in [0.15, 0.2) is 0 Å². The maximum Gasteiger partial charge on any atom is 0.267 e. The molecular formula is C18H17N3O2. The van der Waals surface area contributed by atoms with E-state index in [1.54, 1.807) is 12.1 Å². The smallest absolute Gasteiger partial charge is 0.267 e. The molecule has 0 aliphatic heterocycles. The average Bonchev–Trinajstić information content (AvgIpc) is 2.49. The van der Waals surface area contributed by atoms with Crippen LogP contribution >= 0.6 is 0 Å². The minimum Gasteiger partial charge on any atom is -0.508 e. The van der Waals surface area contributed by atoms with Crippen LogP contribution in [0.4, 0.5) is 11.4 Å². The number of carbonyl (C=O) groups is 1. The number of carbonyl (C=O) groups excluding carboxylic acids is 1. The Morgan fingerprint density at radius 3 is 2.26 bits per heavy atom. The molecule has 0 bridgehead atoms. The minimum atomic E-state index is -0.518. The summed E-state index contributed by atoms with van der Waals surface area (Å²) in [6, 6.07) is 13.8. The van der Waals surface area contributed by atoms with Crippen LogP contribution in [0.15, 0.2) is 54.2 Å². The van der Waals surface area contributed by atoms with E-state index in [1.165, 1.54) is 18.3 Å². The minimum absolute atomic E-state index is 0.0442. The molecule has 5 nitrogen and oxygen atoms in total. The van der Waals surface area contributed by atoms with Gasteiger partial charge in [0.2, 0.25) is 0 Å². The Morgan fingerprint density at radius 1 is 1.09 bits per heavy atom. The number of nitriles is 1. The lowest BCUT2D eigenvalue weighted by atomic mass is 10.1. The Balaban J connectivity index is 2.10. The molecule has 0 aliphatic carbocycles. The zero-order chi connectivity index (χ0) is 16.8. The van der Waals surface area contributed by atoms with Crippen molar-refractivity contribution in [1.82, 2.24) is 0 Å². The molecule has 0 fully saturated rings. The number of nitrogens with one attached hydrogen (secondary N) is 2. The summed E-state index contributed by atoms with van der Waals surface area (Å²) in [5, 5.41) is 23.9. The van der Waals surface area contributed by atoms with E-state index in [0.717, 1.165) is 16.8 Å². The molecule has 3 N–H and O–H groups in total. The Labute approximate surface area is 134 Å². The van der Waals surface area contributed by atoms with Crippen LogP contribution in [0, 0.1) is 25.2 Å². The Hall–Kier alpha value is -3.26. The monoisotopic (exact) mass is 307 g/mol. The highest BCUT2D eigenvalue weighted by atomic mass is 16.3. The molecule has 0 unspecified atom stereocenters. The van der Waals surface area contributed by atoms with Crippen molar-refractivity contribution in [1.29, 1.82) is 5.26 Å². The van der Waals surface area contributed by atoms with Crippen molar-refractivity contribution < 1.29 is 9.90 Å². The van der Waals surface area contributed by atoms with E-state index in [2.05, 4.69) is 10.6 Å². The zero-order valence-electron chi connectivity index (χ0n) is 12.9. The average molecular weight is 307 g/mol. The molecule has 5 heteroatoms. The highest BCUT2D eigenvalue weighted by Gasteiger charge is 2.09. The topological polar surface area (TPSA) is 85.2 Å². The predicted molar refractivity (Wildman–Crippen MR) is 90.0 cm³/mol. The SMILES string of the molecule is Cc1cc(C)cc(N/C=C(/C#N)C(=O)Nc2ccc(O)cc2)c1. The van der Waals surface area contributed by atoms with Gasteiger partial charge in [0.25, 0.3) is 5.91 Å². The third-order valence-corrected chi connectivity index (χ3v) is 3.10. The predicted octanol–water partition coefficient (Wildman–Crippen LogP) is 3.47. The fraction of sp³-hybridized carbons (Fsp3) is 0.111. The summed E-state index contributed by atoms with van der Waals surface area (Å²) >= 11 is 0. The van der Waals surface area contributed by atoms with E-state index < -0.39 is 5.91 Å². The van der Waals surface area contributed by atoms with Crippen LogP contribution in [0.2, 0.25) is 0 Å². The van der Waals surface area contributed by atoms with Crippen molar-refractivity contribution in [3.63, 3.8) is 0 Å². The lowest BCUT2D eigenvalue weighted by molar-refractivity contribution is -0.112. The van der Waals surface area contributed by atoms with E-state index in [4.69, 9.17) is 5.26 Å². The molecule has 0 radical (unpaired) electrons. The summed E-state index contributed by atoms with van der Waals surface area (Å²) in [6.07, 6.45) is 1.38. The standard InChI is InChI=1S/C18H17N3O2/c1-12-7-13(2)9-16(8-12)20-11-14(10-19)18(23)21-15-3-5-17(22)6-4-15/h3-9,11,20,22H,1-2H3,(H,21,23)/b14-11-.